The quantitative estimate of drug-likeness (QED) is 0.375. The Hall–Kier alpha value is -3.73. The normalized spacial score (nSPS) is 12.2. The largest absolute Gasteiger partial charge is 0.354 e. The van der Waals surface area contributed by atoms with E-state index in [9.17, 15) is 19.2 Å². The summed E-state index contributed by atoms with van der Waals surface area (Å²) in [6, 6.07) is 10.6. The van der Waals surface area contributed by atoms with Crippen LogP contribution in [-0.2, 0) is 29.2 Å². The number of carbonyl (C=O) groups is 2. The topological polar surface area (TPSA) is 120 Å². The van der Waals surface area contributed by atoms with Gasteiger partial charge in [-0.3, -0.25) is 19.0 Å². The zero-order valence-corrected chi connectivity index (χ0v) is 19.8. The van der Waals surface area contributed by atoms with E-state index in [0.717, 1.165) is 16.0 Å². The Morgan fingerprint density at radius 1 is 1.12 bits per heavy atom. The molecule has 0 aliphatic heterocycles. The number of benzene rings is 1. The molecule has 4 aromatic rings. The van der Waals surface area contributed by atoms with Gasteiger partial charge < -0.3 is 10.6 Å². The van der Waals surface area contributed by atoms with Gasteiger partial charge in [-0.1, -0.05) is 25.1 Å². The molecule has 1 aromatic carbocycles. The van der Waals surface area contributed by atoms with Crippen LogP contribution in [0.1, 0.15) is 31.6 Å². The maximum Gasteiger partial charge on any atom is 0.352 e. The van der Waals surface area contributed by atoms with Crippen molar-refractivity contribution in [1.82, 2.24) is 29.4 Å². The number of para-hydroxylation sites is 1. The molecular formula is C23H26N6O4S. The Morgan fingerprint density at radius 3 is 2.65 bits per heavy atom. The number of nitrogens with one attached hydrogen (secondary N) is 2. The van der Waals surface area contributed by atoms with Crippen LogP contribution in [0.5, 0.6) is 0 Å². The summed E-state index contributed by atoms with van der Waals surface area (Å²) in [7, 11) is 0. The van der Waals surface area contributed by atoms with Gasteiger partial charge in [0.25, 0.3) is 5.56 Å². The average molecular weight is 483 g/mol. The third kappa shape index (κ3) is 4.79. The van der Waals surface area contributed by atoms with Crippen molar-refractivity contribution in [3.05, 3.63) is 67.5 Å². The molecule has 0 saturated carbocycles. The molecule has 178 valence electrons. The SMILES string of the molecule is CC[C@@H](C)NC(=O)CCn1c(=O)c2ccccc2n2c(=O)n(CC(=O)NCc3cccs3)nc12. The van der Waals surface area contributed by atoms with Gasteiger partial charge >= 0.3 is 5.69 Å². The van der Waals surface area contributed by atoms with Crippen LogP contribution >= 0.6 is 11.3 Å². The Kier molecular flexibility index (Phi) is 6.92. The first-order valence-corrected chi connectivity index (χ1v) is 12.0. The van der Waals surface area contributed by atoms with Gasteiger partial charge in [0.1, 0.15) is 6.54 Å². The fourth-order valence-electron chi connectivity index (χ4n) is 3.63. The van der Waals surface area contributed by atoms with Gasteiger partial charge in [-0.25, -0.2) is 13.9 Å². The molecule has 0 bridgehead atoms. The molecule has 0 saturated heterocycles. The Morgan fingerprint density at radius 2 is 1.91 bits per heavy atom. The van der Waals surface area contributed by atoms with E-state index in [0.29, 0.717) is 17.4 Å². The van der Waals surface area contributed by atoms with Crippen LogP contribution < -0.4 is 21.9 Å². The summed E-state index contributed by atoms with van der Waals surface area (Å²) < 4.78 is 3.68. The van der Waals surface area contributed by atoms with Gasteiger partial charge in [0.05, 0.1) is 17.4 Å². The van der Waals surface area contributed by atoms with Crippen LogP contribution in [0.15, 0.2) is 51.4 Å². The van der Waals surface area contributed by atoms with Crippen LogP contribution in [0.4, 0.5) is 0 Å². The number of carbonyl (C=O) groups excluding carboxylic acids is 2. The lowest BCUT2D eigenvalue weighted by Gasteiger charge is -2.12. The van der Waals surface area contributed by atoms with Crippen molar-refractivity contribution in [3.63, 3.8) is 0 Å². The van der Waals surface area contributed by atoms with E-state index in [1.165, 1.54) is 20.3 Å². The molecule has 0 unspecified atom stereocenters. The second-order valence-corrected chi connectivity index (χ2v) is 9.06. The van der Waals surface area contributed by atoms with Crippen molar-refractivity contribution < 1.29 is 9.59 Å². The van der Waals surface area contributed by atoms with Gasteiger partial charge in [-0.05, 0) is 36.9 Å². The summed E-state index contributed by atoms with van der Waals surface area (Å²) in [5, 5.41) is 12.2. The lowest BCUT2D eigenvalue weighted by Crippen LogP contribution is -2.34. The highest BCUT2D eigenvalue weighted by molar-refractivity contribution is 7.09. The van der Waals surface area contributed by atoms with Crippen LogP contribution in [0.25, 0.3) is 16.7 Å². The zero-order valence-electron chi connectivity index (χ0n) is 19.0. The molecule has 10 nitrogen and oxygen atoms in total. The van der Waals surface area contributed by atoms with Crippen molar-refractivity contribution in [1.29, 1.82) is 0 Å². The molecule has 0 fully saturated rings. The van der Waals surface area contributed by atoms with Gasteiger partial charge in [0.15, 0.2) is 0 Å². The Balaban J connectivity index is 1.68. The summed E-state index contributed by atoms with van der Waals surface area (Å²) in [5.41, 5.74) is -0.480. The molecule has 2 amide bonds. The molecule has 34 heavy (non-hydrogen) atoms. The minimum Gasteiger partial charge on any atom is -0.354 e. The number of nitrogens with zero attached hydrogens (tertiary/aromatic N) is 4. The van der Waals surface area contributed by atoms with E-state index in [-0.39, 0.29) is 48.7 Å². The average Bonchev–Trinajstić information content (AvgIpc) is 3.46. The van der Waals surface area contributed by atoms with Crippen molar-refractivity contribution in [2.24, 2.45) is 0 Å². The standard InChI is InChI=1S/C23H26N6O4S/c1-3-15(2)25-19(30)10-11-27-21(32)17-8-4-5-9-18(17)29-22(27)26-28(23(29)33)14-20(31)24-13-16-7-6-12-34-16/h4-9,12,15H,3,10-11,13-14H2,1-2H3,(H,24,31)(H,25,30)/t15-/m1/s1. The number of hydrogen-bond donors (Lipinski definition) is 2. The number of aromatic nitrogens is 4. The van der Waals surface area contributed by atoms with E-state index in [1.807, 2.05) is 31.4 Å². The van der Waals surface area contributed by atoms with E-state index < -0.39 is 5.69 Å². The van der Waals surface area contributed by atoms with Crippen molar-refractivity contribution in [3.8, 4) is 0 Å². The summed E-state index contributed by atoms with van der Waals surface area (Å²) in [4.78, 5) is 52.2. The highest BCUT2D eigenvalue weighted by Crippen LogP contribution is 2.11. The smallest absolute Gasteiger partial charge is 0.352 e. The Bertz CT molecular complexity index is 1450. The lowest BCUT2D eigenvalue weighted by molar-refractivity contribution is -0.122. The summed E-state index contributed by atoms with van der Waals surface area (Å²) in [5.74, 6) is -0.469. The van der Waals surface area contributed by atoms with Gasteiger partial charge in [-0.15, -0.1) is 16.4 Å². The number of rotatable bonds is 9. The molecule has 4 rings (SSSR count). The van der Waals surface area contributed by atoms with Crippen LogP contribution in [0.2, 0.25) is 0 Å². The summed E-state index contributed by atoms with van der Waals surface area (Å²) in [6.45, 7) is 4.00. The summed E-state index contributed by atoms with van der Waals surface area (Å²) >= 11 is 1.52. The van der Waals surface area contributed by atoms with Crippen LogP contribution in [0, 0.1) is 0 Å². The maximum absolute atomic E-state index is 13.2. The van der Waals surface area contributed by atoms with Crippen molar-refractivity contribution in [2.45, 2.75) is 52.4 Å². The third-order valence-electron chi connectivity index (χ3n) is 5.60. The van der Waals surface area contributed by atoms with Crippen molar-refractivity contribution >= 4 is 39.8 Å². The van der Waals surface area contributed by atoms with Crippen molar-refractivity contribution in [2.75, 3.05) is 0 Å². The molecule has 0 aliphatic rings. The number of amides is 2. The minimum atomic E-state index is -0.532. The molecule has 3 aromatic heterocycles. The number of hydrogen-bond acceptors (Lipinski definition) is 6. The van der Waals surface area contributed by atoms with E-state index >= 15 is 0 Å². The fourth-order valence-corrected chi connectivity index (χ4v) is 4.27. The molecular weight excluding hydrogens is 456 g/mol. The Labute approximate surface area is 198 Å². The third-order valence-corrected chi connectivity index (χ3v) is 6.48. The molecule has 3 heterocycles. The number of fused-ring (bicyclic) bond motifs is 3. The van der Waals surface area contributed by atoms with Crippen LogP contribution in [0.3, 0.4) is 0 Å². The monoisotopic (exact) mass is 482 g/mol. The zero-order chi connectivity index (χ0) is 24.2. The first kappa shape index (κ1) is 23.4. The predicted octanol–water partition coefficient (Wildman–Crippen LogP) is 1.49. The number of thiophene rings is 1. The first-order chi connectivity index (χ1) is 16.4. The van der Waals surface area contributed by atoms with Gasteiger partial charge in [-0.2, -0.15) is 0 Å². The van der Waals surface area contributed by atoms with Crippen LogP contribution in [-0.4, -0.2) is 36.6 Å². The molecule has 1 atom stereocenters. The fraction of sp³-hybridized carbons (Fsp3) is 0.348. The molecule has 2 N–H and O–H groups in total. The molecule has 0 spiro atoms. The van der Waals surface area contributed by atoms with E-state index in [4.69, 9.17) is 0 Å². The maximum atomic E-state index is 13.2. The molecule has 0 aliphatic carbocycles. The summed E-state index contributed by atoms with van der Waals surface area (Å²) in [6.07, 6.45) is 0.848. The van der Waals surface area contributed by atoms with E-state index in [2.05, 4.69) is 15.7 Å². The second-order valence-electron chi connectivity index (χ2n) is 8.03. The highest BCUT2D eigenvalue weighted by atomic mass is 32.1. The van der Waals surface area contributed by atoms with E-state index in [1.54, 1.807) is 24.3 Å². The highest BCUT2D eigenvalue weighted by Gasteiger charge is 2.19. The lowest BCUT2D eigenvalue weighted by atomic mass is 10.2. The first-order valence-electron chi connectivity index (χ1n) is 11.1. The second kappa shape index (κ2) is 10.0. The van der Waals surface area contributed by atoms with Gasteiger partial charge in [0.2, 0.25) is 17.6 Å². The minimum absolute atomic E-state index is 0.0235. The molecule has 11 heteroatoms. The number of aryl methyl sites for hydroxylation is 1. The predicted molar refractivity (Wildman–Crippen MR) is 130 cm³/mol. The molecule has 0 radical (unpaired) electrons. The van der Waals surface area contributed by atoms with Gasteiger partial charge in [0, 0.05) is 23.9 Å².